The van der Waals surface area contributed by atoms with Gasteiger partial charge in [-0.15, -0.1) is 0 Å². The van der Waals surface area contributed by atoms with E-state index in [9.17, 15) is 13.2 Å². The van der Waals surface area contributed by atoms with Crippen LogP contribution in [0.2, 0.25) is 0 Å². The van der Waals surface area contributed by atoms with Crippen molar-refractivity contribution in [1.29, 1.82) is 0 Å². The van der Waals surface area contributed by atoms with Gasteiger partial charge in [-0.05, 0) is 53.8 Å². The number of anilines is 2. The van der Waals surface area contributed by atoms with E-state index in [1.54, 1.807) is 53.4 Å². The van der Waals surface area contributed by atoms with Gasteiger partial charge in [-0.3, -0.25) is 4.72 Å². The monoisotopic (exact) mass is 700 g/mol. The summed E-state index contributed by atoms with van der Waals surface area (Å²) in [6.45, 7) is 3.17. The Morgan fingerprint density at radius 3 is 2.38 bits per heavy atom. The average Bonchev–Trinajstić information content (AvgIpc) is 3.11. The van der Waals surface area contributed by atoms with Crippen LogP contribution in [0.1, 0.15) is 24.5 Å². The van der Waals surface area contributed by atoms with E-state index in [0.717, 1.165) is 24.1 Å². The van der Waals surface area contributed by atoms with Crippen molar-refractivity contribution in [2.45, 2.75) is 31.7 Å². The molecule has 1 amide bonds. The maximum absolute atomic E-state index is 15.2. The normalized spacial score (nSPS) is 16.0. The van der Waals surface area contributed by atoms with Crippen molar-refractivity contribution in [3.63, 3.8) is 0 Å². The van der Waals surface area contributed by atoms with Crippen LogP contribution in [-0.2, 0) is 27.1 Å². The zero-order chi connectivity index (χ0) is 35.1. The number of ether oxygens (including phenoxy) is 2. The first-order chi connectivity index (χ1) is 24.1. The van der Waals surface area contributed by atoms with E-state index in [1.807, 2.05) is 30.3 Å². The summed E-state index contributed by atoms with van der Waals surface area (Å²) in [4.78, 5) is 27.7. The van der Waals surface area contributed by atoms with Gasteiger partial charge in [-0.1, -0.05) is 67.6 Å². The summed E-state index contributed by atoms with van der Waals surface area (Å²) in [6, 6.07) is 24.7. The third-order valence-electron chi connectivity index (χ3n) is 7.88. The number of carbonyl (C=O) groups excluding carboxylic acids is 1. The van der Waals surface area contributed by atoms with Gasteiger partial charge < -0.3 is 19.7 Å². The minimum absolute atomic E-state index is 0.0634. The molecule has 258 valence electrons. The molecule has 0 radical (unpaired) electrons. The number of pyridine rings is 1. The fraction of sp³-hybridized carbons (Fsp3) is 0.222. The average molecular weight is 701 g/mol. The number of aromatic nitrogens is 3. The number of nitrogens with zero attached hydrogens (tertiary/aromatic N) is 4. The third kappa shape index (κ3) is 8.69. The first-order valence-corrected chi connectivity index (χ1v) is 17.5. The Morgan fingerprint density at radius 2 is 1.62 bits per heavy atom. The molecule has 1 saturated heterocycles. The van der Waals surface area contributed by atoms with Gasteiger partial charge in [0.15, 0.2) is 11.6 Å². The summed E-state index contributed by atoms with van der Waals surface area (Å²) < 4.78 is 68.9. The van der Waals surface area contributed by atoms with Crippen LogP contribution in [0.4, 0.5) is 25.2 Å². The van der Waals surface area contributed by atoms with Crippen molar-refractivity contribution in [1.82, 2.24) is 19.9 Å². The number of hydrogen-bond acceptors (Lipinski definition) is 9. The Bertz CT molecular complexity index is 2060. The number of sulfonamides is 1. The molecule has 6 rings (SSSR count). The third-order valence-corrected chi connectivity index (χ3v) is 9.12. The molecule has 11 nitrogen and oxygen atoms in total. The second-order valence-electron chi connectivity index (χ2n) is 11.9. The molecule has 0 spiro atoms. The highest BCUT2D eigenvalue weighted by Crippen LogP contribution is 2.34. The molecular formula is C36H34F2N6O5S. The highest BCUT2D eigenvalue weighted by Gasteiger charge is 2.29. The molecule has 1 aliphatic rings. The highest BCUT2D eigenvalue weighted by molar-refractivity contribution is 7.91. The lowest BCUT2D eigenvalue weighted by molar-refractivity contribution is 0.0783. The molecule has 2 aromatic heterocycles. The van der Waals surface area contributed by atoms with E-state index in [0.29, 0.717) is 35.9 Å². The van der Waals surface area contributed by atoms with Crippen LogP contribution >= 0.6 is 0 Å². The van der Waals surface area contributed by atoms with Gasteiger partial charge in [-0.25, -0.2) is 32.6 Å². The molecule has 14 heteroatoms. The second kappa shape index (κ2) is 15.3. The summed E-state index contributed by atoms with van der Waals surface area (Å²) in [5.74, 6) is -3.33. The molecule has 0 bridgehead atoms. The SMILES string of the molecule is C[C@@H]1C[C@H](Nc2nccc(-c3cccnc3Oc3ccc(NS(=O)(=O)Cc4ccccc4)c(F)c3F)n2)CN(C(=O)OCc2ccccc2)C1. The highest BCUT2D eigenvalue weighted by atomic mass is 32.2. The number of carbonyl (C=O) groups is 1. The van der Waals surface area contributed by atoms with Crippen molar-refractivity contribution < 1.29 is 31.5 Å². The van der Waals surface area contributed by atoms with E-state index in [-0.39, 0.29) is 24.4 Å². The fourth-order valence-electron chi connectivity index (χ4n) is 5.63. The van der Waals surface area contributed by atoms with Crippen LogP contribution in [0.3, 0.4) is 0 Å². The number of benzene rings is 3. The zero-order valence-electron chi connectivity index (χ0n) is 27.0. The molecule has 1 fully saturated rings. The maximum atomic E-state index is 15.2. The second-order valence-corrected chi connectivity index (χ2v) is 13.7. The van der Waals surface area contributed by atoms with Gasteiger partial charge in [0.25, 0.3) is 0 Å². The van der Waals surface area contributed by atoms with E-state index in [1.165, 1.54) is 12.4 Å². The van der Waals surface area contributed by atoms with Crippen molar-refractivity contribution in [2.75, 3.05) is 23.1 Å². The molecule has 0 aliphatic carbocycles. The molecular weight excluding hydrogens is 666 g/mol. The van der Waals surface area contributed by atoms with Crippen molar-refractivity contribution in [2.24, 2.45) is 5.92 Å². The van der Waals surface area contributed by atoms with Gasteiger partial charge in [0.2, 0.25) is 27.7 Å². The summed E-state index contributed by atoms with van der Waals surface area (Å²) in [6.07, 6.45) is 3.32. The van der Waals surface area contributed by atoms with Crippen LogP contribution in [-0.4, -0.2) is 53.5 Å². The van der Waals surface area contributed by atoms with Gasteiger partial charge >= 0.3 is 6.09 Å². The smallest absolute Gasteiger partial charge is 0.410 e. The van der Waals surface area contributed by atoms with Crippen molar-refractivity contribution in [3.05, 3.63) is 126 Å². The van der Waals surface area contributed by atoms with Gasteiger partial charge in [-0.2, -0.15) is 4.39 Å². The number of rotatable bonds is 11. The molecule has 0 unspecified atom stereocenters. The quantitative estimate of drug-likeness (QED) is 0.149. The Labute approximate surface area is 288 Å². The largest absolute Gasteiger partial charge is 0.445 e. The zero-order valence-corrected chi connectivity index (χ0v) is 27.8. The summed E-state index contributed by atoms with van der Waals surface area (Å²) in [7, 11) is -4.04. The Hall–Kier alpha value is -5.63. The van der Waals surface area contributed by atoms with Crippen LogP contribution in [0.5, 0.6) is 11.6 Å². The lowest BCUT2D eigenvalue weighted by Gasteiger charge is -2.36. The van der Waals surface area contributed by atoms with Crippen molar-refractivity contribution in [3.8, 4) is 22.9 Å². The summed E-state index contributed by atoms with van der Waals surface area (Å²) in [5.41, 5.74) is 1.59. The first kappa shape index (κ1) is 34.2. The van der Waals surface area contributed by atoms with Crippen molar-refractivity contribution >= 4 is 27.8 Å². The number of piperidine rings is 1. The summed E-state index contributed by atoms with van der Waals surface area (Å²) >= 11 is 0. The molecule has 1 aliphatic heterocycles. The molecule has 3 heterocycles. The topological polar surface area (TPSA) is 136 Å². The van der Waals surface area contributed by atoms with E-state index < -0.39 is 44.9 Å². The molecule has 2 N–H and O–H groups in total. The Balaban J connectivity index is 1.13. The predicted octanol–water partition coefficient (Wildman–Crippen LogP) is 7.01. The standard InChI is InChI=1S/C36H34F2N6O5S/c1-24-19-27(21-44(20-24)36(45)48-22-25-9-4-2-5-10-25)41-35-40-18-16-29(42-35)28-13-8-17-39-34(28)49-31-15-14-30(32(37)33(31)38)43-50(46,47)23-26-11-6-3-7-12-26/h2-18,24,27,43H,19-23H2,1H3,(H,40,41,42)/t24-,27+/m1/s1. The number of hydrogen-bond donors (Lipinski definition) is 2. The predicted molar refractivity (Wildman–Crippen MR) is 184 cm³/mol. The Morgan fingerprint density at radius 1 is 0.880 bits per heavy atom. The minimum atomic E-state index is -4.04. The van der Waals surface area contributed by atoms with Gasteiger partial charge in [0.05, 0.1) is 22.7 Å². The molecule has 2 atom stereocenters. The van der Waals surface area contributed by atoms with Crippen LogP contribution in [0.15, 0.2) is 103 Å². The molecule has 5 aromatic rings. The van der Waals surface area contributed by atoms with E-state index in [2.05, 4.69) is 31.9 Å². The van der Waals surface area contributed by atoms with Gasteiger partial charge in [0.1, 0.15) is 6.61 Å². The molecule has 3 aromatic carbocycles. The first-order valence-electron chi connectivity index (χ1n) is 15.8. The number of halogens is 2. The minimum Gasteiger partial charge on any atom is -0.445 e. The fourth-order valence-corrected chi connectivity index (χ4v) is 6.83. The van der Waals surface area contributed by atoms with Crippen LogP contribution in [0.25, 0.3) is 11.3 Å². The maximum Gasteiger partial charge on any atom is 0.410 e. The molecule has 0 saturated carbocycles. The number of likely N-dealkylation sites (tertiary alicyclic amines) is 1. The summed E-state index contributed by atoms with van der Waals surface area (Å²) in [5, 5.41) is 3.31. The molecule has 50 heavy (non-hydrogen) atoms. The van der Waals surface area contributed by atoms with Crippen LogP contribution < -0.4 is 14.8 Å². The lowest BCUT2D eigenvalue weighted by Crippen LogP contribution is -2.48. The van der Waals surface area contributed by atoms with Gasteiger partial charge in [0, 0.05) is 31.5 Å². The van der Waals surface area contributed by atoms with E-state index in [4.69, 9.17) is 9.47 Å². The van der Waals surface area contributed by atoms with Crippen LogP contribution in [0, 0.1) is 17.6 Å². The van der Waals surface area contributed by atoms with E-state index >= 15 is 8.78 Å². The Kier molecular flexibility index (Phi) is 10.5. The number of nitrogens with one attached hydrogen (secondary N) is 2. The lowest BCUT2D eigenvalue weighted by atomic mass is 9.96. The number of amides is 1.